The number of carboxylic acids is 1. The van der Waals surface area contributed by atoms with E-state index in [9.17, 15) is 20.0 Å². The van der Waals surface area contributed by atoms with Gasteiger partial charge in [0.2, 0.25) is 0 Å². The lowest BCUT2D eigenvalue weighted by molar-refractivity contribution is 0.0693. The first kappa shape index (κ1) is 21.3. The fourth-order valence-corrected chi connectivity index (χ4v) is 3.22. The van der Waals surface area contributed by atoms with Gasteiger partial charge in [-0.05, 0) is 60.5 Å². The highest BCUT2D eigenvalue weighted by atomic mass is 16.4. The quantitative estimate of drug-likeness (QED) is 0.430. The molecule has 0 aliphatic rings. The van der Waals surface area contributed by atoms with Crippen molar-refractivity contribution in [2.24, 2.45) is 0 Å². The van der Waals surface area contributed by atoms with Crippen LogP contribution in [-0.4, -0.2) is 36.9 Å². The molecule has 4 aromatic rings. The number of anilines is 1. The highest BCUT2D eigenvalue weighted by Crippen LogP contribution is 2.28. The number of carbonyl (C=O) groups excluding carboxylic acids is 1. The minimum absolute atomic E-state index is 0.135. The number of aromatic nitrogens is 3. The van der Waals surface area contributed by atoms with Crippen LogP contribution in [0.4, 0.5) is 5.82 Å². The van der Waals surface area contributed by atoms with Crippen molar-refractivity contribution in [3.05, 3.63) is 89.4 Å². The molecule has 1 amide bonds. The van der Waals surface area contributed by atoms with Crippen molar-refractivity contribution >= 4 is 17.7 Å². The van der Waals surface area contributed by atoms with Gasteiger partial charge in [0.25, 0.3) is 5.91 Å². The number of nitrogens with one attached hydrogen (secondary N) is 1. The third-order valence-corrected chi connectivity index (χ3v) is 4.88. The van der Waals surface area contributed by atoms with Crippen molar-refractivity contribution in [2.45, 2.75) is 6.92 Å². The zero-order valence-corrected chi connectivity index (χ0v) is 17.4. The minimum atomic E-state index is -1.21. The lowest BCUT2D eigenvalue weighted by Crippen LogP contribution is -2.15. The van der Waals surface area contributed by atoms with Crippen molar-refractivity contribution < 1.29 is 19.8 Å². The average molecular weight is 439 g/mol. The molecular weight excluding hydrogens is 422 g/mol. The molecule has 0 aliphatic carbocycles. The fourth-order valence-electron chi connectivity index (χ4n) is 3.22. The summed E-state index contributed by atoms with van der Waals surface area (Å²) >= 11 is 0. The molecule has 0 unspecified atom stereocenters. The van der Waals surface area contributed by atoms with Gasteiger partial charge in [0.15, 0.2) is 11.5 Å². The van der Waals surface area contributed by atoms with Crippen LogP contribution < -0.4 is 5.32 Å². The van der Waals surface area contributed by atoms with Crippen LogP contribution in [-0.2, 0) is 0 Å². The van der Waals surface area contributed by atoms with Crippen molar-refractivity contribution in [3.8, 4) is 28.6 Å². The van der Waals surface area contributed by atoms with Gasteiger partial charge in [0.1, 0.15) is 17.4 Å². The normalized spacial score (nSPS) is 10.4. The second-order valence-electron chi connectivity index (χ2n) is 7.15. The Bertz CT molecular complexity index is 1440. The van der Waals surface area contributed by atoms with E-state index in [1.54, 1.807) is 49.5 Å². The van der Waals surface area contributed by atoms with Gasteiger partial charge in [-0.1, -0.05) is 18.2 Å². The molecule has 2 aromatic heterocycles. The van der Waals surface area contributed by atoms with Gasteiger partial charge < -0.3 is 15.5 Å². The SMILES string of the molecule is Cc1ccc(C#N)c(NC(=O)c2ccn(-c3cccc(-c4ccc(C(=O)O)c(O)c4)c3)n2)n1. The lowest BCUT2D eigenvalue weighted by Gasteiger charge is -2.08. The molecule has 0 saturated heterocycles. The van der Waals surface area contributed by atoms with E-state index in [0.29, 0.717) is 16.9 Å². The molecule has 0 saturated carbocycles. The summed E-state index contributed by atoms with van der Waals surface area (Å²) in [6.45, 7) is 1.76. The predicted molar refractivity (Wildman–Crippen MR) is 119 cm³/mol. The van der Waals surface area contributed by atoms with Crippen LogP contribution in [0.1, 0.15) is 32.1 Å². The summed E-state index contributed by atoms with van der Waals surface area (Å²) in [6, 6.07) is 18.3. The number of nitrogens with zero attached hydrogens (tertiary/aromatic N) is 4. The van der Waals surface area contributed by atoms with Crippen molar-refractivity contribution in [3.63, 3.8) is 0 Å². The van der Waals surface area contributed by atoms with Gasteiger partial charge >= 0.3 is 5.97 Å². The topological polar surface area (TPSA) is 141 Å². The zero-order chi connectivity index (χ0) is 23.5. The molecule has 0 bridgehead atoms. The predicted octanol–water partition coefficient (Wildman–Crippen LogP) is 3.77. The molecule has 9 heteroatoms. The maximum atomic E-state index is 12.6. The Morgan fingerprint density at radius 2 is 1.85 bits per heavy atom. The molecule has 0 atom stereocenters. The van der Waals surface area contributed by atoms with Crippen molar-refractivity contribution in [2.75, 3.05) is 5.32 Å². The van der Waals surface area contributed by atoms with E-state index in [2.05, 4.69) is 15.4 Å². The Morgan fingerprint density at radius 3 is 2.58 bits per heavy atom. The van der Waals surface area contributed by atoms with E-state index in [4.69, 9.17) is 5.11 Å². The molecule has 0 radical (unpaired) electrons. The Labute approximate surface area is 188 Å². The van der Waals surface area contributed by atoms with Crippen LogP contribution in [0.2, 0.25) is 0 Å². The highest BCUT2D eigenvalue weighted by molar-refractivity contribution is 6.03. The minimum Gasteiger partial charge on any atom is -0.507 e. The molecule has 9 nitrogen and oxygen atoms in total. The zero-order valence-electron chi connectivity index (χ0n) is 17.4. The first-order valence-corrected chi connectivity index (χ1v) is 9.77. The monoisotopic (exact) mass is 439 g/mol. The molecule has 0 spiro atoms. The summed E-state index contributed by atoms with van der Waals surface area (Å²) in [5, 5.41) is 35.2. The highest BCUT2D eigenvalue weighted by Gasteiger charge is 2.15. The number of carboxylic acid groups (broad SMARTS) is 1. The second-order valence-corrected chi connectivity index (χ2v) is 7.15. The van der Waals surface area contributed by atoms with Crippen LogP contribution in [0.3, 0.4) is 0 Å². The summed E-state index contributed by atoms with van der Waals surface area (Å²) in [4.78, 5) is 27.9. The molecule has 4 rings (SSSR count). The number of pyridine rings is 1. The van der Waals surface area contributed by atoms with E-state index in [0.717, 1.165) is 5.56 Å². The number of nitriles is 1. The smallest absolute Gasteiger partial charge is 0.339 e. The number of rotatable bonds is 5. The Balaban J connectivity index is 1.59. The Kier molecular flexibility index (Phi) is 5.57. The number of aryl methyl sites for hydroxylation is 1. The summed E-state index contributed by atoms with van der Waals surface area (Å²) < 4.78 is 1.51. The Morgan fingerprint density at radius 1 is 1.06 bits per heavy atom. The van der Waals surface area contributed by atoms with Crippen molar-refractivity contribution in [1.82, 2.24) is 14.8 Å². The first-order valence-electron chi connectivity index (χ1n) is 9.77. The van der Waals surface area contributed by atoms with Gasteiger partial charge in [-0.25, -0.2) is 14.5 Å². The molecule has 2 aromatic carbocycles. The number of phenols is 1. The van der Waals surface area contributed by atoms with Gasteiger partial charge in [-0.2, -0.15) is 10.4 Å². The van der Waals surface area contributed by atoms with Crippen LogP contribution in [0, 0.1) is 18.3 Å². The number of aromatic hydroxyl groups is 1. The number of hydrogen-bond acceptors (Lipinski definition) is 6. The number of hydrogen-bond donors (Lipinski definition) is 3. The number of benzene rings is 2. The summed E-state index contributed by atoms with van der Waals surface area (Å²) in [6.07, 6.45) is 1.62. The third-order valence-electron chi connectivity index (χ3n) is 4.88. The summed E-state index contributed by atoms with van der Waals surface area (Å²) in [5.41, 5.74) is 2.87. The van der Waals surface area contributed by atoms with E-state index < -0.39 is 11.9 Å². The standard InChI is InChI=1S/C24H17N5O4/c1-14-5-6-17(13-25)22(26-14)27-23(31)20-9-10-29(28-20)18-4-2-3-15(11-18)16-7-8-19(24(32)33)21(30)12-16/h2-12,30H,1H3,(H,32,33)(H,26,27,31). The van der Waals surface area contributed by atoms with Crippen LogP contribution in [0.5, 0.6) is 5.75 Å². The number of aromatic carboxylic acids is 1. The molecule has 2 heterocycles. The van der Waals surface area contributed by atoms with Crippen LogP contribution in [0.25, 0.3) is 16.8 Å². The Hall–Kier alpha value is -4.97. The fraction of sp³-hybridized carbons (Fsp3) is 0.0417. The number of carbonyl (C=O) groups is 2. The second kappa shape index (κ2) is 8.64. The van der Waals surface area contributed by atoms with Gasteiger partial charge in [0, 0.05) is 11.9 Å². The van der Waals surface area contributed by atoms with E-state index in [1.165, 1.54) is 22.9 Å². The maximum Gasteiger partial charge on any atom is 0.339 e. The molecule has 0 aliphatic heterocycles. The summed E-state index contributed by atoms with van der Waals surface area (Å²) in [5.74, 6) is -1.87. The van der Waals surface area contributed by atoms with E-state index in [-0.39, 0.29) is 28.4 Å². The molecular formula is C24H17N5O4. The summed E-state index contributed by atoms with van der Waals surface area (Å²) in [7, 11) is 0. The van der Waals surface area contributed by atoms with E-state index >= 15 is 0 Å². The third kappa shape index (κ3) is 4.40. The van der Waals surface area contributed by atoms with Gasteiger partial charge in [-0.15, -0.1) is 0 Å². The van der Waals surface area contributed by atoms with Crippen molar-refractivity contribution in [1.29, 1.82) is 5.26 Å². The largest absolute Gasteiger partial charge is 0.507 e. The molecule has 33 heavy (non-hydrogen) atoms. The molecule has 162 valence electrons. The van der Waals surface area contributed by atoms with E-state index in [1.807, 2.05) is 12.1 Å². The lowest BCUT2D eigenvalue weighted by atomic mass is 10.0. The van der Waals surface area contributed by atoms with Gasteiger partial charge in [0.05, 0.1) is 11.3 Å². The molecule has 0 fully saturated rings. The van der Waals surface area contributed by atoms with Crippen LogP contribution >= 0.6 is 0 Å². The van der Waals surface area contributed by atoms with Gasteiger partial charge in [-0.3, -0.25) is 4.79 Å². The molecule has 3 N–H and O–H groups in total. The first-order chi connectivity index (χ1) is 15.9. The number of amides is 1. The average Bonchev–Trinajstić information content (AvgIpc) is 3.30. The maximum absolute atomic E-state index is 12.6. The van der Waals surface area contributed by atoms with Crippen LogP contribution in [0.15, 0.2) is 66.9 Å².